The summed E-state index contributed by atoms with van der Waals surface area (Å²) in [6.07, 6.45) is -3.23. The van der Waals surface area contributed by atoms with Gasteiger partial charge >= 0.3 is 6.18 Å². The summed E-state index contributed by atoms with van der Waals surface area (Å²) >= 11 is 0. The first kappa shape index (κ1) is 22.2. The van der Waals surface area contributed by atoms with Crippen LogP contribution < -0.4 is 10.6 Å². The van der Waals surface area contributed by atoms with E-state index in [0.717, 1.165) is 22.5 Å². The van der Waals surface area contributed by atoms with Crippen LogP contribution in [0.1, 0.15) is 34.5 Å². The second-order valence-electron chi connectivity index (χ2n) is 7.38. The van der Waals surface area contributed by atoms with Crippen LogP contribution in [0.15, 0.2) is 73.1 Å². The first-order valence-corrected chi connectivity index (χ1v) is 9.97. The number of fused-ring (bicyclic) bond motifs is 1. The molecule has 3 aromatic carbocycles. The minimum Gasteiger partial charge on any atom is -0.363 e. The van der Waals surface area contributed by atoms with Crippen molar-refractivity contribution < 1.29 is 22.4 Å². The zero-order valence-electron chi connectivity index (χ0n) is 17.3. The van der Waals surface area contributed by atoms with Crippen LogP contribution in [0.2, 0.25) is 0 Å². The number of carbonyl (C=O) groups excluding carboxylic acids is 1. The van der Waals surface area contributed by atoms with Crippen LogP contribution in [-0.2, 0) is 6.18 Å². The highest BCUT2D eigenvalue weighted by molar-refractivity contribution is 6.04. The van der Waals surface area contributed by atoms with E-state index in [1.165, 1.54) is 6.33 Å². The number of anilines is 2. The molecule has 0 aliphatic heterocycles. The zero-order chi connectivity index (χ0) is 23.6. The smallest absolute Gasteiger partial charge is 0.363 e. The van der Waals surface area contributed by atoms with E-state index in [1.54, 1.807) is 18.2 Å². The van der Waals surface area contributed by atoms with Gasteiger partial charge in [-0.2, -0.15) is 13.2 Å². The normalized spacial score (nSPS) is 12.4. The zero-order valence-corrected chi connectivity index (χ0v) is 17.3. The Bertz CT molecular complexity index is 1320. The first-order valence-electron chi connectivity index (χ1n) is 9.97. The number of hydrogen-bond acceptors (Lipinski definition) is 4. The fourth-order valence-electron chi connectivity index (χ4n) is 3.37. The maximum atomic E-state index is 14.1. The van der Waals surface area contributed by atoms with Crippen molar-refractivity contribution in [2.45, 2.75) is 19.1 Å². The minimum atomic E-state index is -4.69. The summed E-state index contributed by atoms with van der Waals surface area (Å²) in [5, 5.41) is 6.70. The summed E-state index contributed by atoms with van der Waals surface area (Å²) in [5.74, 6) is -1.45. The summed E-state index contributed by atoms with van der Waals surface area (Å²) in [5.41, 5.74) is 0.339. The molecule has 0 unspecified atom stereocenters. The molecule has 33 heavy (non-hydrogen) atoms. The maximum Gasteiger partial charge on any atom is 0.416 e. The van der Waals surface area contributed by atoms with Crippen LogP contribution in [-0.4, -0.2) is 15.9 Å². The topological polar surface area (TPSA) is 66.9 Å². The van der Waals surface area contributed by atoms with Gasteiger partial charge in [0.25, 0.3) is 5.91 Å². The van der Waals surface area contributed by atoms with E-state index >= 15 is 0 Å². The highest BCUT2D eigenvalue weighted by Crippen LogP contribution is 2.30. The van der Waals surface area contributed by atoms with E-state index in [4.69, 9.17) is 0 Å². The Balaban J connectivity index is 1.51. The monoisotopic (exact) mass is 454 g/mol. The lowest BCUT2D eigenvalue weighted by Gasteiger charge is -2.17. The molecule has 1 amide bonds. The molecule has 0 aliphatic rings. The van der Waals surface area contributed by atoms with Gasteiger partial charge in [0.2, 0.25) is 0 Å². The predicted molar refractivity (Wildman–Crippen MR) is 117 cm³/mol. The van der Waals surface area contributed by atoms with Crippen LogP contribution in [0.4, 0.5) is 29.1 Å². The fraction of sp³-hybridized carbons (Fsp3) is 0.125. The minimum absolute atomic E-state index is 0.206. The lowest BCUT2D eigenvalue weighted by atomic mass is 10.1. The molecule has 1 atom stereocenters. The molecule has 0 saturated carbocycles. The van der Waals surface area contributed by atoms with Crippen molar-refractivity contribution in [1.29, 1.82) is 0 Å². The van der Waals surface area contributed by atoms with Gasteiger partial charge in [-0.3, -0.25) is 4.79 Å². The van der Waals surface area contributed by atoms with Crippen molar-refractivity contribution in [3.63, 3.8) is 0 Å². The Morgan fingerprint density at radius 3 is 2.52 bits per heavy atom. The van der Waals surface area contributed by atoms with Crippen LogP contribution in [0.25, 0.3) is 10.9 Å². The third-order valence-electron chi connectivity index (χ3n) is 5.08. The number of halogens is 4. The molecule has 1 heterocycles. The van der Waals surface area contributed by atoms with Crippen LogP contribution in [0, 0.1) is 5.82 Å². The van der Waals surface area contributed by atoms with E-state index in [-0.39, 0.29) is 6.04 Å². The van der Waals surface area contributed by atoms with Gasteiger partial charge in [-0.1, -0.05) is 24.3 Å². The van der Waals surface area contributed by atoms with Gasteiger partial charge in [0.1, 0.15) is 18.0 Å². The quantitative estimate of drug-likeness (QED) is 0.352. The van der Waals surface area contributed by atoms with Crippen molar-refractivity contribution in [1.82, 2.24) is 9.97 Å². The van der Waals surface area contributed by atoms with Gasteiger partial charge in [0.05, 0.1) is 22.7 Å². The predicted octanol–water partition coefficient (Wildman–Crippen LogP) is 6.21. The molecule has 0 saturated heterocycles. The number of nitrogens with one attached hydrogen (secondary N) is 2. The standard InChI is InChI=1S/C24H18F4N4O/c1-14(31-22-19-7-2-3-8-21(19)29-13-30-22)15-5-4-6-17(11-15)32-23(33)18-10-9-16(12-20(18)25)24(26,27)28/h2-14H,1H3,(H,32,33)(H,29,30,31)/t14-/m1/s1. The summed E-state index contributed by atoms with van der Waals surface area (Å²) in [7, 11) is 0. The molecule has 0 bridgehead atoms. The molecule has 4 aromatic rings. The fourth-order valence-corrected chi connectivity index (χ4v) is 3.37. The van der Waals surface area contributed by atoms with Gasteiger partial charge in [0, 0.05) is 11.1 Å². The van der Waals surface area contributed by atoms with Crippen molar-refractivity contribution >= 4 is 28.3 Å². The molecule has 2 N–H and O–H groups in total. The van der Waals surface area contributed by atoms with Gasteiger partial charge in [-0.15, -0.1) is 0 Å². The molecule has 4 rings (SSSR count). The van der Waals surface area contributed by atoms with E-state index < -0.39 is 29.0 Å². The number of benzene rings is 3. The summed E-state index contributed by atoms with van der Waals surface area (Å²) < 4.78 is 52.3. The third-order valence-corrected chi connectivity index (χ3v) is 5.08. The highest BCUT2D eigenvalue weighted by atomic mass is 19.4. The summed E-state index contributed by atoms with van der Waals surface area (Å²) in [6, 6.07) is 16.0. The largest absolute Gasteiger partial charge is 0.416 e. The second kappa shape index (κ2) is 8.85. The van der Waals surface area contributed by atoms with E-state index in [0.29, 0.717) is 23.6 Å². The van der Waals surface area contributed by atoms with Gasteiger partial charge in [-0.25, -0.2) is 14.4 Å². The van der Waals surface area contributed by atoms with Gasteiger partial charge in [-0.05, 0) is 55.0 Å². The van der Waals surface area contributed by atoms with E-state index in [1.807, 2.05) is 37.3 Å². The molecule has 0 radical (unpaired) electrons. The van der Waals surface area contributed by atoms with Crippen LogP contribution >= 0.6 is 0 Å². The highest BCUT2D eigenvalue weighted by Gasteiger charge is 2.31. The molecular weight excluding hydrogens is 436 g/mol. The Morgan fingerprint density at radius 1 is 0.970 bits per heavy atom. The molecule has 1 aromatic heterocycles. The van der Waals surface area contributed by atoms with Crippen LogP contribution in [0.5, 0.6) is 0 Å². The molecular formula is C24H18F4N4O. The average molecular weight is 454 g/mol. The second-order valence-corrected chi connectivity index (χ2v) is 7.38. The number of aromatic nitrogens is 2. The van der Waals surface area contributed by atoms with Crippen LogP contribution in [0.3, 0.4) is 0 Å². The molecule has 0 spiro atoms. The van der Waals surface area contributed by atoms with Crippen molar-refractivity contribution in [3.8, 4) is 0 Å². The molecule has 168 valence electrons. The number of alkyl halides is 3. The van der Waals surface area contributed by atoms with E-state index in [2.05, 4.69) is 20.6 Å². The number of nitrogens with zero attached hydrogens (tertiary/aromatic N) is 2. The SMILES string of the molecule is C[C@@H](Nc1ncnc2ccccc12)c1cccc(NC(=O)c2ccc(C(F)(F)F)cc2F)c1. The number of amides is 1. The van der Waals surface area contributed by atoms with Crippen molar-refractivity contribution in [2.75, 3.05) is 10.6 Å². The van der Waals surface area contributed by atoms with Gasteiger partial charge < -0.3 is 10.6 Å². The summed E-state index contributed by atoms with van der Waals surface area (Å²) in [4.78, 5) is 21.0. The maximum absolute atomic E-state index is 14.1. The Morgan fingerprint density at radius 2 is 1.76 bits per heavy atom. The average Bonchev–Trinajstić information content (AvgIpc) is 2.78. The molecule has 0 fully saturated rings. The van der Waals surface area contributed by atoms with Crippen molar-refractivity contribution in [2.24, 2.45) is 0 Å². The number of carbonyl (C=O) groups is 1. The Labute approximate surface area is 186 Å². The molecule has 5 nitrogen and oxygen atoms in total. The van der Waals surface area contributed by atoms with Crippen molar-refractivity contribution in [3.05, 3.63) is 95.6 Å². The third kappa shape index (κ3) is 4.92. The number of hydrogen-bond donors (Lipinski definition) is 2. The Hall–Kier alpha value is -4.01. The van der Waals surface area contributed by atoms with Gasteiger partial charge in [0.15, 0.2) is 0 Å². The number of rotatable bonds is 5. The molecule has 9 heteroatoms. The lowest BCUT2D eigenvalue weighted by molar-refractivity contribution is -0.137. The van der Waals surface area contributed by atoms with E-state index in [9.17, 15) is 22.4 Å². The first-order chi connectivity index (χ1) is 15.7. The number of para-hydroxylation sites is 1. The molecule has 0 aliphatic carbocycles. The lowest BCUT2D eigenvalue weighted by Crippen LogP contribution is -2.16. The Kier molecular flexibility index (Phi) is 5.95. The summed E-state index contributed by atoms with van der Waals surface area (Å²) in [6.45, 7) is 1.91.